The van der Waals surface area contributed by atoms with E-state index < -0.39 is 0 Å². The molecule has 104 valence electrons. The van der Waals surface area contributed by atoms with Crippen LogP contribution in [0.4, 0.5) is 5.69 Å². The first kappa shape index (κ1) is 15.0. The Morgan fingerprint density at radius 3 is 2.30 bits per heavy atom. The van der Waals surface area contributed by atoms with E-state index in [0.29, 0.717) is 37.8 Å². The third kappa shape index (κ3) is 3.18. The average Bonchev–Trinajstić information content (AvgIpc) is 2.35. The number of halogens is 3. The molecule has 2 aromatic rings. The van der Waals surface area contributed by atoms with E-state index in [1.807, 2.05) is 0 Å². The summed E-state index contributed by atoms with van der Waals surface area (Å²) >= 11 is 17.8. The van der Waals surface area contributed by atoms with Gasteiger partial charge >= 0.3 is 0 Å². The monoisotopic (exact) mass is 329 g/mol. The maximum absolute atomic E-state index is 11.3. The third-order valence-electron chi connectivity index (χ3n) is 2.60. The summed E-state index contributed by atoms with van der Waals surface area (Å²) in [5, 5.41) is 1.00. The number of carbonyl (C=O) groups is 1. The minimum absolute atomic E-state index is 0.110. The molecule has 3 nitrogen and oxygen atoms in total. The Hall–Kier alpha value is -1.42. The number of ether oxygens (including phenoxy) is 1. The van der Waals surface area contributed by atoms with Crippen molar-refractivity contribution in [1.29, 1.82) is 0 Å². The van der Waals surface area contributed by atoms with Crippen LogP contribution in [-0.2, 0) is 0 Å². The number of nitrogen functional groups attached to an aromatic ring is 1. The summed E-state index contributed by atoms with van der Waals surface area (Å²) in [6.45, 7) is 1.45. The number of carbonyl (C=O) groups excluding carboxylic acids is 1. The number of ketones is 1. The molecule has 0 unspecified atom stereocenters. The summed E-state index contributed by atoms with van der Waals surface area (Å²) in [6.07, 6.45) is 0. The fourth-order valence-electron chi connectivity index (χ4n) is 1.63. The van der Waals surface area contributed by atoms with Crippen LogP contribution in [0.3, 0.4) is 0 Å². The number of hydrogen-bond donors (Lipinski definition) is 1. The first-order chi connectivity index (χ1) is 9.38. The van der Waals surface area contributed by atoms with Gasteiger partial charge in [-0.05, 0) is 25.1 Å². The molecule has 0 amide bonds. The van der Waals surface area contributed by atoms with Crippen LogP contribution in [0.25, 0.3) is 0 Å². The molecule has 0 aromatic heterocycles. The lowest BCUT2D eigenvalue weighted by Crippen LogP contribution is -1.99. The molecular weight excluding hydrogens is 321 g/mol. The molecule has 2 aromatic carbocycles. The number of hydrogen-bond acceptors (Lipinski definition) is 3. The minimum Gasteiger partial charge on any atom is -0.456 e. The van der Waals surface area contributed by atoms with Crippen molar-refractivity contribution in [3.05, 3.63) is 51.0 Å². The van der Waals surface area contributed by atoms with Gasteiger partial charge in [-0.2, -0.15) is 0 Å². The lowest BCUT2D eigenvalue weighted by molar-refractivity contribution is 0.101. The van der Waals surface area contributed by atoms with Crippen molar-refractivity contribution in [2.24, 2.45) is 0 Å². The van der Waals surface area contributed by atoms with E-state index in [1.165, 1.54) is 19.1 Å². The quantitative estimate of drug-likeness (QED) is 0.476. The van der Waals surface area contributed by atoms with E-state index in [1.54, 1.807) is 18.2 Å². The second kappa shape index (κ2) is 5.92. The highest BCUT2D eigenvalue weighted by Crippen LogP contribution is 2.36. The summed E-state index contributed by atoms with van der Waals surface area (Å²) in [7, 11) is 0. The summed E-state index contributed by atoms with van der Waals surface area (Å²) < 4.78 is 5.59. The number of anilines is 1. The first-order valence-corrected chi connectivity index (χ1v) is 6.74. The Labute approximate surface area is 131 Å². The smallest absolute Gasteiger partial charge is 0.161 e. The molecule has 20 heavy (non-hydrogen) atoms. The lowest BCUT2D eigenvalue weighted by atomic mass is 10.1. The Bertz CT molecular complexity index is 686. The predicted molar refractivity (Wildman–Crippen MR) is 82.4 cm³/mol. The molecule has 0 aliphatic heterocycles. The molecule has 0 spiro atoms. The number of rotatable bonds is 3. The molecule has 0 atom stereocenters. The molecule has 6 heteroatoms. The average molecular weight is 331 g/mol. The summed E-state index contributed by atoms with van der Waals surface area (Å²) in [5.74, 6) is 0.699. The van der Waals surface area contributed by atoms with Crippen molar-refractivity contribution < 1.29 is 9.53 Å². The van der Waals surface area contributed by atoms with Gasteiger partial charge in [-0.15, -0.1) is 0 Å². The standard InChI is InChI=1S/C14H10Cl3NO2/c1-7(19)9-3-2-8(4-13(9)18)20-14-6-11(16)10(15)5-12(14)17/h2-6H,18H2,1H3. The van der Waals surface area contributed by atoms with Gasteiger partial charge < -0.3 is 10.5 Å². The summed E-state index contributed by atoms with van der Waals surface area (Å²) in [5.41, 5.74) is 6.57. The third-order valence-corrected chi connectivity index (χ3v) is 3.62. The number of Topliss-reactive ketones (excluding diaryl/α,β-unsaturated/α-hetero) is 1. The van der Waals surface area contributed by atoms with E-state index in [9.17, 15) is 4.79 Å². The maximum atomic E-state index is 11.3. The van der Waals surface area contributed by atoms with Gasteiger partial charge in [-0.25, -0.2) is 0 Å². The van der Waals surface area contributed by atoms with Gasteiger partial charge in [0.1, 0.15) is 11.5 Å². The molecule has 0 saturated carbocycles. The molecule has 0 heterocycles. The van der Waals surface area contributed by atoms with Crippen LogP contribution in [0.2, 0.25) is 15.1 Å². The highest BCUT2D eigenvalue weighted by Gasteiger charge is 2.10. The summed E-state index contributed by atoms with van der Waals surface area (Å²) in [4.78, 5) is 11.3. The topological polar surface area (TPSA) is 52.3 Å². The van der Waals surface area contributed by atoms with E-state index >= 15 is 0 Å². The molecule has 0 aliphatic rings. The molecule has 0 aliphatic carbocycles. The Kier molecular flexibility index (Phi) is 4.43. The van der Waals surface area contributed by atoms with Gasteiger partial charge in [0, 0.05) is 23.4 Å². The zero-order chi connectivity index (χ0) is 14.9. The largest absolute Gasteiger partial charge is 0.456 e. The van der Waals surface area contributed by atoms with Crippen molar-refractivity contribution in [3.8, 4) is 11.5 Å². The molecular formula is C14H10Cl3NO2. The van der Waals surface area contributed by atoms with Crippen LogP contribution in [-0.4, -0.2) is 5.78 Å². The van der Waals surface area contributed by atoms with Gasteiger partial charge in [0.2, 0.25) is 0 Å². The normalized spacial score (nSPS) is 10.4. The molecule has 2 rings (SSSR count). The van der Waals surface area contributed by atoms with E-state index in [2.05, 4.69) is 0 Å². The van der Waals surface area contributed by atoms with Gasteiger partial charge in [0.15, 0.2) is 5.78 Å². The van der Waals surface area contributed by atoms with Gasteiger partial charge in [0.05, 0.1) is 15.1 Å². The van der Waals surface area contributed by atoms with Gasteiger partial charge in [-0.1, -0.05) is 34.8 Å². The Morgan fingerprint density at radius 2 is 1.70 bits per heavy atom. The van der Waals surface area contributed by atoms with Crippen molar-refractivity contribution in [2.75, 3.05) is 5.73 Å². The fraction of sp³-hybridized carbons (Fsp3) is 0.0714. The minimum atomic E-state index is -0.110. The van der Waals surface area contributed by atoms with Crippen molar-refractivity contribution in [1.82, 2.24) is 0 Å². The van der Waals surface area contributed by atoms with Crippen LogP contribution in [0.15, 0.2) is 30.3 Å². The van der Waals surface area contributed by atoms with Crippen LogP contribution in [0, 0.1) is 0 Å². The van der Waals surface area contributed by atoms with Gasteiger partial charge in [0.25, 0.3) is 0 Å². The fourth-order valence-corrected chi connectivity index (χ4v) is 2.21. The van der Waals surface area contributed by atoms with E-state index in [4.69, 9.17) is 45.3 Å². The summed E-state index contributed by atoms with van der Waals surface area (Å²) in [6, 6.07) is 7.79. The zero-order valence-electron chi connectivity index (χ0n) is 10.4. The predicted octanol–water partition coefficient (Wildman–Crippen LogP) is 5.22. The second-order valence-electron chi connectivity index (χ2n) is 4.10. The second-order valence-corrected chi connectivity index (χ2v) is 5.33. The van der Waals surface area contributed by atoms with E-state index in [-0.39, 0.29) is 5.78 Å². The van der Waals surface area contributed by atoms with Crippen LogP contribution < -0.4 is 10.5 Å². The molecule has 0 radical (unpaired) electrons. The van der Waals surface area contributed by atoms with Crippen molar-refractivity contribution >= 4 is 46.3 Å². The molecule has 0 fully saturated rings. The molecule has 0 saturated heterocycles. The SMILES string of the molecule is CC(=O)c1ccc(Oc2cc(Cl)c(Cl)cc2Cl)cc1N. The van der Waals surface area contributed by atoms with Crippen LogP contribution >= 0.6 is 34.8 Å². The van der Waals surface area contributed by atoms with E-state index in [0.717, 1.165) is 0 Å². The highest BCUT2D eigenvalue weighted by molar-refractivity contribution is 6.43. The van der Waals surface area contributed by atoms with Gasteiger partial charge in [-0.3, -0.25) is 4.79 Å². The van der Waals surface area contributed by atoms with Crippen LogP contribution in [0.5, 0.6) is 11.5 Å². The van der Waals surface area contributed by atoms with Crippen LogP contribution in [0.1, 0.15) is 17.3 Å². The van der Waals surface area contributed by atoms with Crippen molar-refractivity contribution in [2.45, 2.75) is 6.92 Å². The Morgan fingerprint density at radius 1 is 1.05 bits per heavy atom. The number of nitrogens with two attached hydrogens (primary N) is 1. The maximum Gasteiger partial charge on any atom is 0.161 e. The first-order valence-electron chi connectivity index (χ1n) is 5.61. The zero-order valence-corrected chi connectivity index (χ0v) is 12.7. The number of benzene rings is 2. The van der Waals surface area contributed by atoms with Crippen molar-refractivity contribution in [3.63, 3.8) is 0 Å². The highest BCUT2D eigenvalue weighted by atomic mass is 35.5. The lowest BCUT2D eigenvalue weighted by Gasteiger charge is -2.10. The molecule has 0 bridgehead atoms. The Balaban J connectivity index is 2.33. The molecule has 2 N–H and O–H groups in total.